The first-order valence-electron chi connectivity index (χ1n) is 10.0. The Labute approximate surface area is 140 Å². The standard InChI is InChI=1S/C20H22O4/c21-5-19-15-7-1-3-9-11(7)17-13(15)14-16(20(17,6-22)23-9)8-2-4-10(24-19)12(8)18(14)19/h5-18H,1-4H2/t7-,8-,9-,10+,11+,12+,13-,14-,15+,16+,17-,18+,19-,20-/m1/s1. The predicted octanol–water partition coefficient (Wildman–Crippen LogP) is 1.46. The van der Waals surface area contributed by atoms with Crippen molar-refractivity contribution in [3.63, 3.8) is 0 Å². The summed E-state index contributed by atoms with van der Waals surface area (Å²) in [6.45, 7) is 0. The minimum atomic E-state index is -0.503. The third-order valence-electron chi connectivity index (χ3n) is 10.4. The molecule has 0 spiro atoms. The minimum absolute atomic E-state index is 0.273. The second kappa shape index (κ2) is 3.29. The maximum atomic E-state index is 12.5. The lowest BCUT2D eigenvalue weighted by molar-refractivity contribution is -0.150. The number of ether oxygens (including phenoxy) is 2. The van der Waals surface area contributed by atoms with Crippen molar-refractivity contribution in [2.45, 2.75) is 49.1 Å². The molecular formula is C20H22O4. The van der Waals surface area contributed by atoms with E-state index in [2.05, 4.69) is 0 Å². The first-order chi connectivity index (χ1) is 11.8. The number of rotatable bonds is 2. The van der Waals surface area contributed by atoms with E-state index >= 15 is 0 Å². The van der Waals surface area contributed by atoms with E-state index in [4.69, 9.17) is 9.47 Å². The number of fused-ring (bicyclic) bond motifs is 4. The number of hydrogen-bond acceptors (Lipinski definition) is 4. The van der Waals surface area contributed by atoms with Crippen LogP contribution in [0.5, 0.6) is 0 Å². The van der Waals surface area contributed by atoms with Gasteiger partial charge in [-0.2, -0.15) is 0 Å². The van der Waals surface area contributed by atoms with Crippen molar-refractivity contribution in [2.24, 2.45) is 59.2 Å². The van der Waals surface area contributed by atoms with Crippen LogP contribution >= 0.6 is 0 Å². The molecule has 0 unspecified atom stereocenters. The normalized spacial score (nSPS) is 76.8. The fourth-order valence-electron chi connectivity index (χ4n) is 10.8. The van der Waals surface area contributed by atoms with Crippen LogP contribution in [0.3, 0.4) is 0 Å². The molecule has 6 saturated carbocycles. The molecule has 4 heteroatoms. The predicted molar refractivity (Wildman–Crippen MR) is 80.7 cm³/mol. The van der Waals surface area contributed by atoms with Crippen LogP contribution in [-0.4, -0.2) is 36.0 Å². The average Bonchev–Trinajstić information content (AvgIpc) is 3.36. The Balaban J connectivity index is 1.47. The molecule has 8 fully saturated rings. The van der Waals surface area contributed by atoms with Crippen molar-refractivity contribution in [3.8, 4) is 0 Å². The van der Waals surface area contributed by atoms with Gasteiger partial charge in [-0.3, -0.25) is 0 Å². The SMILES string of the molecule is O=C[C@]12O[C@@H]3CC[C@@H]4[C@@H]3[C@@H]1[C@@H]1[C@H]3[C@@H]5[C@H]6[C@@H](CC[C@@H]6O[C@]5(C=O)[C@@H]41)[C@@H]32. The van der Waals surface area contributed by atoms with E-state index in [-0.39, 0.29) is 12.2 Å². The van der Waals surface area contributed by atoms with Gasteiger partial charge in [0, 0.05) is 23.7 Å². The molecule has 8 rings (SSSR count). The third-order valence-corrected chi connectivity index (χ3v) is 10.4. The minimum Gasteiger partial charge on any atom is -0.363 e. The second-order valence-electron chi connectivity index (χ2n) is 10.2. The molecule has 0 radical (unpaired) electrons. The number of carbonyl (C=O) groups excluding carboxylic acids is 2. The van der Waals surface area contributed by atoms with Crippen molar-refractivity contribution in [2.75, 3.05) is 0 Å². The molecule has 0 aromatic carbocycles. The van der Waals surface area contributed by atoms with E-state index in [9.17, 15) is 9.59 Å². The van der Waals surface area contributed by atoms with Crippen LogP contribution in [0, 0.1) is 59.2 Å². The zero-order valence-electron chi connectivity index (χ0n) is 13.5. The maximum absolute atomic E-state index is 12.5. The quantitative estimate of drug-likeness (QED) is 0.721. The van der Waals surface area contributed by atoms with Crippen LogP contribution in [0.15, 0.2) is 0 Å². The highest BCUT2D eigenvalue weighted by molar-refractivity contribution is 5.73. The summed E-state index contributed by atoms with van der Waals surface area (Å²) in [7, 11) is 0. The van der Waals surface area contributed by atoms with Gasteiger partial charge in [0.05, 0.1) is 12.2 Å². The fraction of sp³-hybridized carbons (Fsp3) is 0.900. The highest BCUT2D eigenvalue weighted by Crippen LogP contribution is 2.85. The van der Waals surface area contributed by atoms with Gasteiger partial charge in [-0.15, -0.1) is 0 Å². The summed E-state index contributed by atoms with van der Waals surface area (Å²) in [4.78, 5) is 24.9. The van der Waals surface area contributed by atoms with Gasteiger partial charge >= 0.3 is 0 Å². The van der Waals surface area contributed by atoms with E-state index < -0.39 is 11.2 Å². The Kier molecular flexibility index (Phi) is 1.73. The molecule has 126 valence electrons. The molecule has 6 aliphatic carbocycles. The van der Waals surface area contributed by atoms with E-state index in [1.807, 2.05) is 0 Å². The molecule has 0 bridgehead atoms. The van der Waals surface area contributed by atoms with Crippen LogP contribution in [0.4, 0.5) is 0 Å². The van der Waals surface area contributed by atoms with E-state index in [1.54, 1.807) is 0 Å². The topological polar surface area (TPSA) is 52.6 Å². The zero-order chi connectivity index (χ0) is 15.6. The van der Waals surface area contributed by atoms with Gasteiger partial charge in [-0.25, -0.2) is 0 Å². The third kappa shape index (κ3) is 0.851. The Morgan fingerprint density at radius 2 is 1.08 bits per heavy atom. The molecule has 0 aromatic heterocycles. The van der Waals surface area contributed by atoms with Crippen LogP contribution in [0.25, 0.3) is 0 Å². The Hall–Kier alpha value is -0.740. The van der Waals surface area contributed by atoms with Gasteiger partial charge in [-0.1, -0.05) is 0 Å². The summed E-state index contributed by atoms with van der Waals surface area (Å²) < 4.78 is 13.3. The number of hydrogen-bond donors (Lipinski definition) is 0. The molecule has 14 atom stereocenters. The van der Waals surface area contributed by atoms with Gasteiger partial charge in [0.15, 0.2) is 12.6 Å². The molecule has 0 amide bonds. The number of carbonyl (C=O) groups is 2. The molecule has 2 saturated heterocycles. The first-order valence-corrected chi connectivity index (χ1v) is 10.0. The summed E-state index contributed by atoms with van der Waals surface area (Å²) in [5.41, 5.74) is -1.01. The molecule has 4 nitrogen and oxygen atoms in total. The van der Waals surface area contributed by atoms with Gasteiger partial charge < -0.3 is 19.1 Å². The smallest absolute Gasteiger partial charge is 0.152 e. The zero-order valence-corrected chi connectivity index (χ0v) is 13.5. The molecule has 24 heavy (non-hydrogen) atoms. The highest BCUT2D eigenvalue weighted by atomic mass is 16.5. The van der Waals surface area contributed by atoms with Crippen molar-refractivity contribution < 1.29 is 19.1 Å². The fourth-order valence-corrected chi connectivity index (χ4v) is 10.8. The van der Waals surface area contributed by atoms with E-state index in [0.29, 0.717) is 59.2 Å². The molecule has 8 aliphatic rings. The lowest BCUT2D eigenvalue weighted by Gasteiger charge is -2.35. The summed E-state index contributed by atoms with van der Waals surface area (Å²) in [6.07, 6.45) is 7.52. The lowest BCUT2D eigenvalue weighted by Crippen LogP contribution is -2.46. The van der Waals surface area contributed by atoms with Crippen LogP contribution < -0.4 is 0 Å². The van der Waals surface area contributed by atoms with E-state index in [0.717, 1.165) is 12.8 Å². The molecule has 0 aromatic rings. The Bertz CT molecular complexity index is 660. The van der Waals surface area contributed by atoms with Gasteiger partial charge in [0.1, 0.15) is 11.2 Å². The molecular weight excluding hydrogens is 304 g/mol. The monoisotopic (exact) mass is 326 g/mol. The molecule has 0 N–H and O–H groups in total. The van der Waals surface area contributed by atoms with Crippen LogP contribution in [0.1, 0.15) is 25.7 Å². The van der Waals surface area contributed by atoms with Crippen molar-refractivity contribution in [1.29, 1.82) is 0 Å². The van der Waals surface area contributed by atoms with Crippen molar-refractivity contribution >= 4 is 12.6 Å². The molecule has 2 aliphatic heterocycles. The average molecular weight is 326 g/mol. The summed E-state index contributed by atoms with van der Waals surface area (Å²) >= 11 is 0. The van der Waals surface area contributed by atoms with Crippen molar-refractivity contribution in [1.82, 2.24) is 0 Å². The Morgan fingerprint density at radius 1 is 0.625 bits per heavy atom. The summed E-state index contributed by atoms with van der Waals surface area (Å²) in [6, 6.07) is 0. The van der Waals surface area contributed by atoms with Crippen LogP contribution in [0.2, 0.25) is 0 Å². The van der Waals surface area contributed by atoms with Gasteiger partial charge in [-0.05, 0) is 61.2 Å². The van der Waals surface area contributed by atoms with Gasteiger partial charge in [0.25, 0.3) is 0 Å². The summed E-state index contributed by atoms with van der Waals surface area (Å²) in [5, 5.41) is 0. The first kappa shape index (κ1) is 12.6. The molecule has 2 heterocycles. The van der Waals surface area contributed by atoms with Gasteiger partial charge in [0.2, 0.25) is 0 Å². The highest BCUT2D eigenvalue weighted by Gasteiger charge is 2.90. The number of aldehydes is 2. The van der Waals surface area contributed by atoms with Crippen LogP contribution in [-0.2, 0) is 19.1 Å². The Morgan fingerprint density at radius 3 is 1.50 bits per heavy atom. The van der Waals surface area contributed by atoms with Crippen molar-refractivity contribution in [3.05, 3.63) is 0 Å². The summed E-state index contributed by atoms with van der Waals surface area (Å²) in [5.74, 6) is 4.72. The van der Waals surface area contributed by atoms with E-state index in [1.165, 1.54) is 25.4 Å². The maximum Gasteiger partial charge on any atom is 0.152 e. The lowest BCUT2D eigenvalue weighted by atomic mass is 9.72. The largest absolute Gasteiger partial charge is 0.363 e. The second-order valence-corrected chi connectivity index (χ2v) is 10.2.